The third kappa shape index (κ3) is 10.1. The van der Waals surface area contributed by atoms with E-state index in [1.54, 1.807) is 0 Å². The number of rotatable bonds is 9. The molecule has 0 aromatic heterocycles. The number of likely N-dealkylation sites (N-methyl/N-ethyl adjacent to an activating group) is 1. The Balaban J connectivity index is 3.48. The molecule has 0 aromatic carbocycles. The Hall–Kier alpha value is -0.190. The molecule has 0 spiro atoms. The minimum atomic E-state index is 0.594. The number of hydrogen-bond acceptors (Lipinski definition) is 3. The Kier molecular flexibility index (Phi) is 8.95. The summed E-state index contributed by atoms with van der Waals surface area (Å²) in [6, 6.07) is 0. The minimum absolute atomic E-state index is 0.594. The van der Waals surface area contributed by atoms with Crippen molar-refractivity contribution in [3.63, 3.8) is 0 Å². The molecule has 4 heteroatoms. The Morgan fingerprint density at radius 2 is 2.07 bits per heavy atom. The summed E-state index contributed by atoms with van der Waals surface area (Å²) >= 11 is 4.85. The van der Waals surface area contributed by atoms with Crippen molar-refractivity contribution in [1.82, 2.24) is 4.90 Å². The summed E-state index contributed by atoms with van der Waals surface area (Å²) in [5, 5.41) is 0. The van der Waals surface area contributed by atoms with Gasteiger partial charge in [-0.25, -0.2) is 0 Å². The molecule has 0 radical (unpaired) electrons. The second-order valence-electron chi connectivity index (χ2n) is 4.12. The van der Waals surface area contributed by atoms with E-state index in [0.717, 1.165) is 39.3 Å². The molecular weight excluding hydrogens is 208 g/mol. The molecule has 0 unspecified atom stereocenters. The van der Waals surface area contributed by atoms with E-state index in [1.807, 2.05) is 0 Å². The summed E-state index contributed by atoms with van der Waals surface area (Å²) in [6.07, 6.45) is 0.799. The second kappa shape index (κ2) is 9.07. The number of nitrogens with zero attached hydrogens (tertiary/aromatic N) is 1. The third-order valence-corrected chi connectivity index (χ3v) is 2.33. The molecule has 2 N–H and O–H groups in total. The summed E-state index contributed by atoms with van der Waals surface area (Å²) in [6.45, 7) is 11.0. The van der Waals surface area contributed by atoms with Crippen molar-refractivity contribution >= 4 is 17.2 Å². The van der Waals surface area contributed by atoms with Crippen LogP contribution in [-0.4, -0.2) is 42.7 Å². The zero-order valence-corrected chi connectivity index (χ0v) is 11.0. The smallest absolute Gasteiger partial charge is 0.0740 e. The van der Waals surface area contributed by atoms with Crippen LogP contribution < -0.4 is 5.73 Å². The first kappa shape index (κ1) is 14.8. The molecule has 0 aromatic rings. The van der Waals surface area contributed by atoms with Crippen molar-refractivity contribution in [1.29, 1.82) is 0 Å². The van der Waals surface area contributed by atoms with Crippen LogP contribution in [0, 0.1) is 5.92 Å². The molecule has 0 bridgehead atoms. The Bertz CT molecular complexity index is 174. The highest BCUT2D eigenvalue weighted by molar-refractivity contribution is 7.80. The summed E-state index contributed by atoms with van der Waals surface area (Å²) in [5.41, 5.74) is 5.46. The van der Waals surface area contributed by atoms with E-state index >= 15 is 0 Å². The monoisotopic (exact) mass is 232 g/mol. The zero-order valence-electron chi connectivity index (χ0n) is 10.2. The number of ether oxygens (including phenoxy) is 1. The SMILES string of the molecule is CCN(CCOCC(C)C)CCC(N)=S. The highest BCUT2D eigenvalue weighted by Crippen LogP contribution is 1.95. The van der Waals surface area contributed by atoms with E-state index in [1.165, 1.54) is 0 Å². The van der Waals surface area contributed by atoms with Gasteiger partial charge in [-0.2, -0.15) is 0 Å². The van der Waals surface area contributed by atoms with Crippen LogP contribution in [0.25, 0.3) is 0 Å². The largest absolute Gasteiger partial charge is 0.393 e. The van der Waals surface area contributed by atoms with Crippen molar-refractivity contribution in [3.05, 3.63) is 0 Å². The van der Waals surface area contributed by atoms with Crippen molar-refractivity contribution in [3.8, 4) is 0 Å². The van der Waals surface area contributed by atoms with E-state index in [-0.39, 0.29) is 0 Å². The first-order valence-corrected chi connectivity index (χ1v) is 6.05. The minimum Gasteiger partial charge on any atom is -0.393 e. The van der Waals surface area contributed by atoms with Gasteiger partial charge in [0.2, 0.25) is 0 Å². The van der Waals surface area contributed by atoms with Gasteiger partial charge in [-0.3, -0.25) is 0 Å². The highest BCUT2D eigenvalue weighted by Gasteiger charge is 2.03. The average Bonchev–Trinajstić information content (AvgIpc) is 2.16. The molecule has 0 saturated heterocycles. The summed E-state index contributed by atoms with van der Waals surface area (Å²) in [7, 11) is 0. The average molecular weight is 232 g/mol. The molecule has 3 nitrogen and oxygen atoms in total. The second-order valence-corrected chi connectivity index (χ2v) is 4.64. The molecule has 90 valence electrons. The molecule has 0 heterocycles. The third-order valence-electron chi connectivity index (χ3n) is 2.12. The van der Waals surface area contributed by atoms with Crippen LogP contribution in [0.4, 0.5) is 0 Å². The van der Waals surface area contributed by atoms with E-state index in [9.17, 15) is 0 Å². The van der Waals surface area contributed by atoms with Crippen LogP contribution >= 0.6 is 12.2 Å². The van der Waals surface area contributed by atoms with Gasteiger partial charge in [0.1, 0.15) is 0 Å². The maximum Gasteiger partial charge on any atom is 0.0740 e. The molecular formula is C11H24N2OS. The van der Waals surface area contributed by atoms with Crippen LogP contribution in [0.15, 0.2) is 0 Å². The van der Waals surface area contributed by atoms with Gasteiger partial charge in [-0.15, -0.1) is 0 Å². The Morgan fingerprint density at radius 3 is 2.53 bits per heavy atom. The van der Waals surface area contributed by atoms with Crippen LogP contribution in [0.3, 0.4) is 0 Å². The normalized spacial score (nSPS) is 11.3. The maximum absolute atomic E-state index is 5.53. The molecule has 0 aliphatic heterocycles. The van der Waals surface area contributed by atoms with Gasteiger partial charge in [0.15, 0.2) is 0 Å². The molecule has 15 heavy (non-hydrogen) atoms. The van der Waals surface area contributed by atoms with Gasteiger partial charge in [0.25, 0.3) is 0 Å². The first-order valence-electron chi connectivity index (χ1n) is 5.64. The van der Waals surface area contributed by atoms with Crippen molar-refractivity contribution in [2.45, 2.75) is 27.2 Å². The molecule has 0 aliphatic rings. The van der Waals surface area contributed by atoms with E-state index in [2.05, 4.69) is 25.7 Å². The number of nitrogens with two attached hydrogens (primary N) is 1. The van der Waals surface area contributed by atoms with E-state index in [4.69, 9.17) is 22.7 Å². The van der Waals surface area contributed by atoms with Crippen LogP contribution in [-0.2, 0) is 4.74 Å². The fraction of sp³-hybridized carbons (Fsp3) is 0.909. The van der Waals surface area contributed by atoms with E-state index in [0.29, 0.717) is 10.9 Å². The fourth-order valence-corrected chi connectivity index (χ4v) is 1.30. The van der Waals surface area contributed by atoms with Gasteiger partial charge in [-0.1, -0.05) is 33.0 Å². The molecule has 0 aliphatic carbocycles. The predicted octanol–water partition coefficient (Wildman–Crippen LogP) is 1.66. The lowest BCUT2D eigenvalue weighted by Gasteiger charge is -2.20. The number of hydrogen-bond donors (Lipinski definition) is 1. The topological polar surface area (TPSA) is 38.5 Å². The molecule has 0 fully saturated rings. The Labute approximate surface area is 99.0 Å². The highest BCUT2D eigenvalue weighted by atomic mass is 32.1. The lowest BCUT2D eigenvalue weighted by atomic mass is 10.2. The van der Waals surface area contributed by atoms with Crippen LogP contribution in [0.1, 0.15) is 27.2 Å². The van der Waals surface area contributed by atoms with Crippen LogP contribution in [0.5, 0.6) is 0 Å². The Morgan fingerprint density at radius 1 is 1.40 bits per heavy atom. The standard InChI is InChI=1S/C11H24N2OS/c1-4-13(6-5-11(12)15)7-8-14-9-10(2)3/h10H,4-9H2,1-3H3,(H2,12,15). The summed E-state index contributed by atoms with van der Waals surface area (Å²) < 4.78 is 5.53. The zero-order chi connectivity index (χ0) is 11.7. The van der Waals surface area contributed by atoms with Gasteiger partial charge in [-0.05, 0) is 12.5 Å². The van der Waals surface area contributed by atoms with Crippen molar-refractivity contribution in [2.75, 3.05) is 32.8 Å². The number of thiocarbonyl (C=S) groups is 1. The molecule has 0 saturated carbocycles. The lowest BCUT2D eigenvalue weighted by molar-refractivity contribution is 0.0874. The van der Waals surface area contributed by atoms with E-state index < -0.39 is 0 Å². The quantitative estimate of drug-likeness (QED) is 0.485. The molecule has 0 amide bonds. The summed E-state index contributed by atoms with van der Waals surface area (Å²) in [4.78, 5) is 2.90. The summed E-state index contributed by atoms with van der Waals surface area (Å²) in [5.74, 6) is 0.608. The molecule has 0 atom stereocenters. The van der Waals surface area contributed by atoms with Crippen LogP contribution in [0.2, 0.25) is 0 Å². The fourth-order valence-electron chi connectivity index (χ4n) is 1.21. The molecule has 0 rings (SSSR count). The first-order chi connectivity index (χ1) is 7.06. The van der Waals surface area contributed by atoms with Gasteiger partial charge in [0.05, 0.1) is 11.6 Å². The maximum atomic E-state index is 5.53. The predicted molar refractivity (Wildman–Crippen MR) is 69.2 cm³/mol. The van der Waals surface area contributed by atoms with Gasteiger partial charge >= 0.3 is 0 Å². The van der Waals surface area contributed by atoms with Crippen molar-refractivity contribution < 1.29 is 4.74 Å². The van der Waals surface area contributed by atoms with Crippen molar-refractivity contribution in [2.24, 2.45) is 11.7 Å². The lowest BCUT2D eigenvalue weighted by Crippen LogP contribution is -2.31. The van der Waals surface area contributed by atoms with Gasteiger partial charge < -0.3 is 15.4 Å². The van der Waals surface area contributed by atoms with Gasteiger partial charge in [0, 0.05) is 26.1 Å².